The van der Waals surface area contributed by atoms with Crippen molar-refractivity contribution >= 4 is 17.5 Å². The molecule has 0 fully saturated rings. The molecule has 0 saturated carbocycles. The molecule has 0 aliphatic rings. The van der Waals surface area contributed by atoms with E-state index in [2.05, 4.69) is 15.3 Å². The summed E-state index contributed by atoms with van der Waals surface area (Å²) >= 11 is 0. The van der Waals surface area contributed by atoms with Gasteiger partial charge in [-0.1, -0.05) is 6.07 Å². The SMILES string of the molecule is CN(CCc1ccncc1)C(=O)c1cncc(C(=O)Nc2cccc(F)c2)c1. The van der Waals surface area contributed by atoms with E-state index in [-0.39, 0.29) is 11.5 Å². The molecular weight excluding hydrogens is 359 g/mol. The van der Waals surface area contributed by atoms with Crippen molar-refractivity contribution in [3.05, 3.63) is 89.8 Å². The third-order valence-corrected chi connectivity index (χ3v) is 4.16. The van der Waals surface area contributed by atoms with Crippen molar-refractivity contribution in [3.8, 4) is 0 Å². The van der Waals surface area contributed by atoms with Gasteiger partial charge >= 0.3 is 0 Å². The van der Waals surface area contributed by atoms with E-state index in [0.29, 0.717) is 24.2 Å². The zero-order chi connectivity index (χ0) is 19.9. The number of benzene rings is 1. The normalized spacial score (nSPS) is 10.4. The van der Waals surface area contributed by atoms with E-state index in [9.17, 15) is 14.0 Å². The number of amides is 2. The summed E-state index contributed by atoms with van der Waals surface area (Å²) in [5, 5.41) is 2.59. The number of nitrogens with zero attached hydrogens (tertiary/aromatic N) is 3. The number of pyridine rings is 2. The minimum absolute atomic E-state index is 0.220. The molecule has 2 heterocycles. The molecule has 0 unspecified atom stereocenters. The lowest BCUT2D eigenvalue weighted by molar-refractivity contribution is 0.0796. The molecule has 0 saturated heterocycles. The van der Waals surface area contributed by atoms with Gasteiger partial charge in [-0.3, -0.25) is 19.6 Å². The Hall–Kier alpha value is -3.61. The van der Waals surface area contributed by atoms with E-state index in [1.54, 1.807) is 30.4 Å². The van der Waals surface area contributed by atoms with Crippen LogP contribution < -0.4 is 5.32 Å². The second-order valence-electron chi connectivity index (χ2n) is 6.26. The van der Waals surface area contributed by atoms with Crippen LogP contribution in [-0.2, 0) is 6.42 Å². The largest absolute Gasteiger partial charge is 0.341 e. The van der Waals surface area contributed by atoms with E-state index < -0.39 is 11.7 Å². The fourth-order valence-electron chi connectivity index (χ4n) is 2.62. The van der Waals surface area contributed by atoms with Gasteiger partial charge in [-0.2, -0.15) is 0 Å². The van der Waals surface area contributed by atoms with Crippen LogP contribution in [0.15, 0.2) is 67.3 Å². The molecule has 142 valence electrons. The number of likely N-dealkylation sites (N-methyl/N-ethyl adjacent to an activating group) is 1. The first-order chi connectivity index (χ1) is 13.5. The van der Waals surface area contributed by atoms with E-state index in [4.69, 9.17) is 0 Å². The van der Waals surface area contributed by atoms with Gasteiger partial charge < -0.3 is 10.2 Å². The van der Waals surface area contributed by atoms with Gasteiger partial charge in [-0.25, -0.2) is 4.39 Å². The highest BCUT2D eigenvalue weighted by Crippen LogP contribution is 2.12. The molecule has 0 radical (unpaired) electrons. The van der Waals surface area contributed by atoms with Gasteiger partial charge in [0, 0.05) is 44.1 Å². The summed E-state index contributed by atoms with van der Waals surface area (Å²) in [5.74, 6) is -1.15. The maximum Gasteiger partial charge on any atom is 0.257 e. The minimum atomic E-state index is -0.466. The molecule has 0 aliphatic heterocycles. The van der Waals surface area contributed by atoms with E-state index in [1.807, 2.05) is 12.1 Å². The first-order valence-electron chi connectivity index (χ1n) is 8.69. The van der Waals surface area contributed by atoms with Crippen LogP contribution in [-0.4, -0.2) is 40.3 Å². The van der Waals surface area contributed by atoms with Crippen LogP contribution in [0, 0.1) is 5.82 Å². The Labute approximate surface area is 162 Å². The minimum Gasteiger partial charge on any atom is -0.341 e. The maximum atomic E-state index is 13.3. The summed E-state index contributed by atoms with van der Waals surface area (Å²) in [6.45, 7) is 0.516. The van der Waals surface area contributed by atoms with Crippen molar-refractivity contribution < 1.29 is 14.0 Å². The molecule has 0 spiro atoms. The molecule has 0 aliphatic carbocycles. The van der Waals surface area contributed by atoms with Gasteiger partial charge in [0.25, 0.3) is 11.8 Å². The maximum absolute atomic E-state index is 13.3. The predicted octanol–water partition coefficient (Wildman–Crippen LogP) is 3.18. The molecule has 6 nitrogen and oxygen atoms in total. The Morgan fingerprint density at radius 1 is 1.04 bits per heavy atom. The van der Waals surface area contributed by atoms with Crippen LogP contribution in [0.25, 0.3) is 0 Å². The molecule has 28 heavy (non-hydrogen) atoms. The highest BCUT2D eigenvalue weighted by Gasteiger charge is 2.15. The highest BCUT2D eigenvalue weighted by atomic mass is 19.1. The third-order valence-electron chi connectivity index (χ3n) is 4.16. The molecule has 1 N–H and O–H groups in total. The average Bonchev–Trinajstić information content (AvgIpc) is 2.72. The van der Waals surface area contributed by atoms with E-state index >= 15 is 0 Å². The summed E-state index contributed by atoms with van der Waals surface area (Å²) in [6.07, 6.45) is 6.90. The van der Waals surface area contributed by atoms with Crippen LogP contribution in [0.3, 0.4) is 0 Å². The zero-order valence-electron chi connectivity index (χ0n) is 15.3. The van der Waals surface area contributed by atoms with Crippen LogP contribution in [0.1, 0.15) is 26.3 Å². The van der Waals surface area contributed by atoms with Crippen molar-refractivity contribution in [3.63, 3.8) is 0 Å². The molecule has 1 aromatic carbocycles. The Morgan fingerprint density at radius 2 is 1.79 bits per heavy atom. The lowest BCUT2D eigenvalue weighted by Gasteiger charge is -2.17. The van der Waals surface area contributed by atoms with Crippen LogP contribution in [0.4, 0.5) is 10.1 Å². The van der Waals surface area contributed by atoms with Gasteiger partial charge in [-0.15, -0.1) is 0 Å². The quantitative estimate of drug-likeness (QED) is 0.715. The van der Waals surface area contributed by atoms with Crippen molar-refractivity contribution in [2.75, 3.05) is 18.9 Å². The molecule has 0 atom stereocenters. The summed E-state index contributed by atoms with van der Waals surface area (Å²) in [6, 6.07) is 10.9. The second-order valence-corrected chi connectivity index (χ2v) is 6.26. The van der Waals surface area contributed by atoms with Gasteiger partial charge in [0.15, 0.2) is 0 Å². The predicted molar refractivity (Wildman–Crippen MR) is 103 cm³/mol. The second kappa shape index (κ2) is 8.85. The number of hydrogen-bond donors (Lipinski definition) is 1. The molecular formula is C21H19FN4O2. The Bertz CT molecular complexity index is 979. The monoisotopic (exact) mass is 378 g/mol. The average molecular weight is 378 g/mol. The lowest BCUT2D eigenvalue weighted by atomic mass is 10.1. The number of carbonyl (C=O) groups is 2. The molecule has 0 bridgehead atoms. The van der Waals surface area contributed by atoms with Crippen LogP contribution >= 0.6 is 0 Å². The van der Waals surface area contributed by atoms with Gasteiger partial charge in [0.2, 0.25) is 0 Å². The first-order valence-corrected chi connectivity index (χ1v) is 8.69. The standard InChI is InChI=1S/C21H19FN4O2/c1-26(10-7-15-5-8-23-9-6-15)21(28)17-11-16(13-24-14-17)20(27)25-19-4-2-3-18(22)12-19/h2-6,8-9,11-14H,7,10H2,1H3,(H,25,27). The van der Waals surface area contributed by atoms with E-state index in [1.165, 1.54) is 36.7 Å². The van der Waals surface area contributed by atoms with Crippen molar-refractivity contribution in [2.45, 2.75) is 6.42 Å². The smallest absolute Gasteiger partial charge is 0.257 e. The Kier molecular flexibility index (Phi) is 6.06. The molecule has 2 amide bonds. The lowest BCUT2D eigenvalue weighted by Crippen LogP contribution is -2.29. The van der Waals surface area contributed by atoms with Gasteiger partial charge in [0.05, 0.1) is 11.1 Å². The topological polar surface area (TPSA) is 75.2 Å². The third kappa shape index (κ3) is 4.97. The zero-order valence-corrected chi connectivity index (χ0v) is 15.3. The first kappa shape index (κ1) is 19.2. The Morgan fingerprint density at radius 3 is 2.54 bits per heavy atom. The number of halogens is 1. The number of nitrogens with one attached hydrogen (secondary N) is 1. The summed E-state index contributed by atoms with van der Waals surface area (Å²) in [4.78, 5) is 34.6. The fraction of sp³-hybridized carbons (Fsp3) is 0.143. The summed E-state index contributed by atoms with van der Waals surface area (Å²) < 4.78 is 13.3. The molecule has 2 aromatic heterocycles. The van der Waals surface area contributed by atoms with Gasteiger partial charge in [-0.05, 0) is 48.4 Å². The van der Waals surface area contributed by atoms with E-state index in [0.717, 1.165) is 5.56 Å². The number of anilines is 1. The molecule has 3 aromatic rings. The molecule has 3 rings (SSSR count). The molecule has 7 heteroatoms. The summed E-state index contributed by atoms with van der Waals surface area (Å²) in [7, 11) is 1.70. The summed E-state index contributed by atoms with van der Waals surface area (Å²) in [5.41, 5.74) is 1.94. The van der Waals surface area contributed by atoms with Crippen molar-refractivity contribution in [1.29, 1.82) is 0 Å². The highest BCUT2D eigenvalue weighted by molar-refractivity contribution is 6.05. The number of hydrogen-bond acceptors (Lipinski definition) is 4. The van der Waals surface area contributed by atoms with Crippen LogP contribution in [0.2, 0.25) is 0 Å². The van der Waals surface area contributed by atoms with Crippen molar-refractivity contribution in [2.24, 2.45) is 0 Å². The Balaban J connectivity index is 1.66. The number of rotatable bonds is 6. The number of aromatic nitrogens is 2. The van der Waals surface area contributed by atoms with Crippen LogP contribution in [0.5, 0.6) is 0 Å². The fourth-order valence-corrected chi connectivity index (χ4v) is 2.62. The van der Waals surface area contributed by atoms with Gasteiger partial charge in [0.1, 0.15) is 5.82 Å². The van der Waals surface area contributed by atoms with Crippen molar-refractivity contribution in [1.82, 2.24) is 14.9 Å². The number of carbonyl (C=O) groups excluding carboxylic acids is 2.